The van der Waals surface area contributed by atoms with Gasteiger partial charge >= 0.3 is 6.18 Å². The number of nitrogens with one attached hydrogen (secondary N) is 1. The first-order valence-electron chi connectivity index (χ1n) is 12.7. The predicted molar refractivity (Wildman–Crippen MR) is 149 cm³/mol. The lowest BCUT2D eigenvalue weighted by molar-refractivity contribution is -0.126. The molecular weight excluding hydrogens is 547 g/mol. The average Bonchev–Trinajstić information content (AvgIpc) is 3.29. The number of nitrogens with zero attached hydrogens (tertiary/aromatic N) is 1. The molecule has 1 aliphatic carbocycles. The number of methoxy groups -OCH3 is 1. The molecule has 208 valence electrons. The van der Waals surface area contributed by atoms with Crippen LogP contribution in [-0.4, -0.2) is 53.6 Å². The first-order valence-corrected chi connectivity index (χ1v) is 15.4. The van der Waals surface area contributed by atoms with Gasteiger partial charge in [-0.15, -0.1) is 11.3 Å². The Hall–Kier alpha value is -2.94. The maximum atomic E-state index is 13.6. The quantitative estimate of drug-likeness (QED) is 0.399. The van der Waals surface area contributed by atoms with Crippen LogP contribution in [0.5, 0.6) is 5.75 Å². The minimum absolute atomic E-state index is 0.123. The van der Waals surface area contributed by atoms with Gasteiger partial charge in [-0.3, -0.25) is 0 Å². The summed E-state index contributed by atoms with van der Waals surface area (Å²) < 4.78 is 70.6. The van der Waals surface area contributed by atoms with E-state index in [1.54, 1.807) is 12.1 Å². The van der Waals surface area contributed by atoms with Crippen LogP contribution >= 0.6 is 11.3 Å². The summed E-state index contributed by atoms with van der Waals surface area (Å²) in [7, 11) is -1.97. The lowest BCUT2D eigenvalue weighted by Crippen LogP contribution is -2.48. The number of benzene rings is 2. The summed E-state index contributed by atoms with van der Waals surface area (Å²) in [6, 6.07) is 10.2. The number of halogens is 3. The lowest BCUT2D eigenvalue weighted by Gasteiger charge is -2.37. The van der Waals surface area contributed by atoms with E-state index < -0.39 is 22.4 Å². The van der Waals surface area contributed by atoms with Crippen LogP contribution in [-0.2, 0) is 16.3 Å². The molecule has 0 radical (unpaired) electrons. The number of piperidine rings is 1. The van der Waals surface area contributed by atoms with Crippen molar-refractivity contribution in [1.82, 2.24) is 0 Å². The molecule has 2 heterocycles. The minimum Gasteiger partial charge on any atom is -0.495 e. The third-order valence-electron chi connectivity index (χ3n) is 7.59. The highest BCUT2D eigenvalue weighted by Crippen LogP contribution is 2.43. The van der Waals surface area contributed by atoms with E-state index in [-0.39, 0.29) is 23.0 Å². The number of fused-ring (bicyclic) bond motifs is 3. The summed E-state index contributed by atoms with van der Waals surface area (Å²) in [4.78, 5) is 2.80. The van der Waals surface area contributed by atoms with Gasteiger partial charge in [0.15, 0.2) is 9.84 Å². The van der Waals surface area contributed by atoms with Crippen molar-refractivity contribution < 1.29 is 26.3 Å². The molecule has 11 heteroatoms. The van der Waals surface area contributed by atoms with E-state index in [0.717, 1.165) is 42.6 Å². The highest BCUT2D eigenvalue weighted by atomic mass is 32.2. The molecular formula is C28H30F3N3O3S2. The molecule has 3 N–H and O–H groups in total. The van der Waals surface area contributed by atoms with Crippen molar-refractivity contribution in [1.29, 1.82) is 0 Å². The number of thiophene rings is 1. The monoisotopic (exact) mass is 577 g/mol. The molecule has 6 nitrogen and oxygen atoms in total. The van der Waals surface area contributed by atoms with Crippen LogP contribution < -0.4 is 20.7 Å². The van der Waals surface area contributed by atoms with Crippen molar-refractivity contribution in [3.63, 3.8) is 0 Å². The first-order chi connectivity index (χ1) is 18.4. The fourth-order valence-corrected chi connectivity index (χ4v) is 7.53. The molecule has 2 bridgehead atoms. The zero-order chi connectivity index (χ0) is 27.9. The van der Waals surface area contributed by atoms with Crippen LogP contribution in [0.1, 0.15) is 23.3 Å². The predicted octanol–water partition coefficient (Wildman–Crippen LogP) is 5.06. The Kier molecular flexibility index (Phi) is 7.48. The molecule has 2 atom stereocenters. The Labute approximate surface area is 230 Å². The average molecular weight is 578 g/mol. The molecule has 0 spiro atoms. The SMILES string of the molecule is COc1cc(S(C)(=O)=O)ccc1NCC#Cc1sc2c(N3CC4CCC(C3)C4N)cccc2c1CC(F)(F)F. The van der Waals surface area contributed by atoms with Gasteiger partial charge in [0.25, 0.3) is 0 Å². The third kappa shape index (κ3) is 5.83. The zero-order valence-corrected chi connectivity index (χ0v) is 23.3. The van der Waals surface area contributed by atoms with E-state index in [2.05, 4.69) is 22.1 Å². The Balaban J connectivity index is 1.43. The molecule has 5 rings (SSSR count). The summed E-state index contributed by atoms with van der Waals surface area (Å²) in [5.41, 5.74) is 8.06. The van der Waals surface area contributed by atoms with Gasteiger partial charge in [-0.05, 0) is 53.8 Å². The Morgan fingerprint density at radius 2 is 1.90 bits per heavy atom. The van der Waals surface area contributed by atoms with Gasteiger partial charge in [0, 0.05) is 31.5 Å². The van der Waals surface area contributed by atoms with Crippen LogP contribution in [0.15, 0.2) is 41.3 Å². The van der Waals surface area contributed by atoms with Gasteiger partial charge < -0.3 is 20.7 Å². The molecule has 1 aromatic heterocycles. The molecule has 2 unspecified atom stereocenters. The van der Waals surface area contributed by atoms with E-state index in [0.29, 0.717) is 33.5 Å². The Morgan fingerprint density at radius 1 is 1.18 bits per heavy atom. The van der Waals surface area contributed by atoms with Crippen molar-refractivity contribution >= 4 is 42.6 Å². The third-order valence-corrected chi connectivity index (χ3v) is 9.89. The smallest absolute Gasteiger partial charge is 0.393 e. The normalized spacial score (nSPS) is 21.1. The highest BCUT2D eigenvalue weighted by Gasteiger charge is 2.40. The van der Waals surface area contributed by atoms with Crippen molar-refractivity contribution in [2.24, 2.45) is 17.6 Å². The Bertz CT molecular complexity index is 1540. The fraction of sp³-hybridized carbons (Fsp3) is 0.429. The second-order valence-corrected chi connectivity index (χ2v) is 13.3. The van der Waals surface area contributed by atoms with E-state index in [1.165, 1.54) is 30.6 Å². The summed E-state index contributed by atoms with van der Waals surface area (Å²) in [5.74, 6) is 7.05. The maximum absolute atomic E-state index is 13.6. The fourth-order valence-electron chi connectivity index (χ4n) is 5.66. The molecule has 39 heavy (non-hydrogen) atoms. The van der Waals surface area contributed by atoms with Crippen LogP contribution in [0.2, 0.25) is 0 Å². The van der Waals surface area contributed by atoms with Crippen LogP contribution in [0.3, 0.4) is 0 Å². The van der Waals surface area contributed by atoms with Crippen LogP contribution in [0.25, 0.3) is 10.1 Å². The zero-order valence-electron chi connectivity index (χ0n) is 21.6. The van der Waals surface area contributed by atoms with Crippen LogP contribution in [0.4, 0.5) is 24.5 Å². The number of anilines is 2. The molecule has 2 fully saturated rings. The molecule has 1 aliphatic heterocycles. The van der Waals surface area contributed by atoms with E-state index in [4.69, 9.17) is 10.5 Å². The van der Waals surface area contributed by atoms with Gasteiger partial charge in [0.1, 0.15) is 5.75 Å². The highest BCUT2D eigenvalue weighted by molar-refractivity contribution is 7.90. The topological polar surface area (TPSA) is 84.7 Å². The lowest BCUT2D eigenvalue weighted by atomic mass is 9.92. The number of hydrogen-bond donors (Lipinski definition) is 2. The van der Waals surface area contributed by atoms with Gasteiger partial charge in [-0.1, -0.05) is 24.0 Å². The van der Waals surface area contributed by atoms with Crippen molar-refractivity contribution in [3.8, 4) is 17.6 Å². The molecule has 2 aliphatic rings. The van der Waals surface area contributed by atoms with E-state index in [1.807, 2.05) is 12.1 Å². The molecule has 2 aromatic carbocycles. The number of alkyl halides is 3. The van der Waals surface area contributed by atoms with Gasteiger partial charge in [-0.25, -0.2) is 8.42 Å². The van der Waals surface area contributed by atoms with Gasteiger partial charge in [-0.2, -0.15) is 13.2 Å². The number of ether oxygens (including phenoxy) is 1. The van der Waals surface area contributed by atoms with Crippen LogP contribution in [0, 0.1) is 23.7 Å². The summed E-state index contributed by atoms with van der Waals surface area (Å²) in [5, 5.41) is 3.66. The summed E-state index contributed by atoms with van der Waals surface area (Å²) >= 11 is 1.30. The van der Waals surface area contributed by atoms with Gasteiger partial charge in [0.2, 0.25) is 0 Å². The Morgan fingerprint density at radius 3 is 2.54 bits per heavy atom. The summed E-state index contributed by atoms with van der Waals surface area (Å²) in [6.07, 6.45) is -2.13. The van der Waals surface area contributed by atoms with Gasteiger partial charge in [0.05, 0.1) is 45.9 Å². The van der Waals surface area contributed by atoms with Crippen molar-refractivity contribution in [2.75, 3.05) is 43.2 Å². The first kappa shape index (κ1) is 27.6. The molecule has 0 amide bonds. The number of rotatable bonds is 6. The summed E-state index contributed by atoms with van der Waals surface area (Å²) in [6.45, 7) is 1.76. The van der Waals surface area contributed by atoms with E-state index >= 15 is 0 Å². The van der Waals surface area contributed by atoms with Crippen molar-refractivity contribution in [3.05, 3.63) is 46.8 Å². The van der Waals surface area contributed by atoms with Crippen molar-refractivity contribution in [2.45, 2.75) is 36.4 Å². The molecule has 1 saturated heterocycles. The number of hydrogen-bond acceptors (Lipinski definition) is 7. The second-order valence-electron chi connectivity index (χ2n) is 10.2. The largest absolute Gasteiger partial charge is 0.495 e. The van der Waals surface area contributed by atoms with E-state index in [9.17, 15) is 21.6 Å². The minimum atomic E-state index is -4.37. The number of sulfone groups is 1. The number of nitrogens with two attached hydrogens (primary N) is 1. The standard InChI is InChI=1S/C28H30F3N3O3S2/c1-37-24-13-19(39(2,35)36)10-11-22(24)33-12-4-7-25-21(14-28(29,30)31)20-5-3-6-23(27(20)38-25)34-15-17-8-9-18(16-34)26(17)32/h3,5-6,10-11,13,17-18,26,33H,8-9,12,14-16,32H2,1-2H3. The molecule has 1 saturated carbocycles. The molecule has 3 aromatic rings. The maximum Gasteiger partial charge on any atom is 0.393 e. The second kappa shape index (κ2) is 10.6.